The summed E-state index contributed by atoms with van der Waals surface area (Å²) in [5.41, 5.74) is -0.971. The Bertz CT molecular complexity index is 622. The molecular weight excluding hydrogens is 386 g/mol. The molecule has 0 unspecified atom stereocenters. The normalized spacial score (nSPS) is 28.4. The summed E-state index contributed by atoms with van der Waals surface area (Å²) in [6.45, 7) is 2.10. The van der Waals surface area contributed by atoms with E-state index in [0.29, 0.717) is 45.3 Å². The molecule has 0 aromatic rings. The second kappa shape index (κ2) is 8.91. The average Bonchev–Trinajstić information content (AvgIpc) is 2.86. The number of β-amino-alcohol motifs (C(OH)–C–C–N with tert-alkyl or cyclic N) is 1. The zero-order chi connectivity index (χ0) is 21.1. The molecule has 164 valence electrons. The van der Waals surface area contributed by atoms with E-state index in [4.69, 9.17) is 0 Å². The molecule has 3 saturated heterocycles. The van der Waals surface area contributed by atoms with Crippen molar-refractivity contribution in [3.8, 4) is 0 Å². The standard InChI is InChI=1S/C19H30F2N4O4/c20-19(21)6-10-23(11-7-19)14-18(29)4-2-8-24(12-5-18)15(26)3-1-9-25-16(27)13-22-17(25)28/h29H,1-14H2,(H,22,28)/t18-/m0/s1. The van der Waals surface area contributed by atoms with Crippen LogP contribution in [-0.2, 0) is 9.59 Å². The van der Waals surface area contributed by atoms with E-state index in [9.17, 15) is 28.3 Å². The predicted molar refractivity (Wildman–Crippen MR) is 100 cm³/mol. The zero-order valence-corrected chi connectivity index (χ0v) is 16.7. The number of nitrogens with zero attached hydrogens (tertiary/aromatic N) is 3. The van der Waals surface area contributed by atoms with Gasteiger partial charge in [-0.2, -0.15) is 0 Å². The van der Waals surface area contributed by atoms with Gasteiger partial charge in [0.25, 0.3) is 5.92 Å². The largest absolute Gasteiger partial charge is 0.388 e. The van der Waals surface area contributed by atoms with Gasteiger partial charge in [0.05, 0.1) is 12.1 Å². The third kappa shape index (κ3) is 5.85. The van der Waals surface area contributed by atoms with Gasteiger partial charge in [0.15, 0.2) is 0 Å². The molecule has 0 radical (unpaired) electrons. The van der Waals surface area contributed by atoms with E-state index in [0.717, 1.165) is 4.90 Å². The number of piperidine rings is 1. The van der Waals surface area contributed by atoms with Gasteiger partial charge in [0, 0.05) is 58.5 Å². The number of rotatable bonds is 6. The number of carbonyl (C=O) groups is 3. The van der Waals surface area contributed by atoms with Gasteiger partial charge in [0.1, 0.15) is 0 Å². The molecule has 8 nitrogen and oxygen atoms in total. The van der Waals surface area contributed by atoms with Crippen molar-refractivity contribution in [1.29, 1.82) is 0 Å². The van der Waals surface area contributed by atoms with Crippen molar-refractivity contribution in [3.05, 3.63) is 0 Å². The molecule has 2 N–H and O–H groups in total. The van der Waals surface area contributed by atoms with Crippen LogP contribution < -0.4 is 5.32 Å². The Kier molecular flexibility index (Phi) is 6.72. The molecule has 3 fully saturated rings. The lowest BCUT2D eigenvalue weighted by Crippen LogP contribution is -2.48. The monoisotopic (exact) mass is 416 g/mol. The molecule has 0 aromatic heterocycles. The molecule has 0 bridgehead atoms. The summed E-state index contributed by atoms with van der Waals surface area (Å²) in [6, 6.07) is -0.419. The van der Waals surface area contributed by atoms with Crippen LogP contribution in [0, 0.1) is 0 Å². The predicted octanol–water partition coefficient (Wildman–Crippen LogP) is 0.793. The maximum atomic E-state index is 13.3. The fraction of sp³-hybridized carbons (Fsp3) is 0.842. The van der Waals surface area contributed by atoms with Crippen molar-refractivity contribution in [3.63, 3.8) is 0 Å². The molecule has 10 heteroatoms. The maximum Gasteiger partial charge on any atom is 0.324 e. The molecule has 0 aromatic carbocycles. The number of urea groups is 1. The van der Waals surface area contributed by atoms with Crippen LogP contribution in [0.1, 0.15) is 44.9 Å². The molecule has 1 atom stereocenters. The molecule has 29 heavy (non-hydrogen) atoms. The third-order valence-electron chi connectivity index (χ3n) is 6.08. The second-order valence-electron chi connectivity index (χ2n) is 8.40. The number of imide groups is 1. The van der Waals surface area contributed by atoms with Gasteiger partial charge in [-0.05, 0) is 25.7 Å². The van der Waals surface area contributed by atoms with Crippen LogP contribution in [0.5, 0.6) is 0 Å². The molecule has 0 spiro atoms. The van der Waals surface area contributed by atoms with E-state index in [1.54, 1.807) is 4.90 Å². The molecule has 3 aliphatic heterocycles. The highest BCUT2D eigenvalue weighted by atomic mass is 19.3. The SMILES string of the molecule is O=C(CCCN1C(=O)CNC1=O)N1CCC[C@@](O)(CN2CCC(F)(F)CC2)CC1. The molecule has 3 aliphatic rings. The fourth-order valence-electron chi connectivity index (χ4n) is 4.27. The van der Waals surface area contributed by atoms with E-state index in [-0.39, 0.29) is 57.3 Å². The van der Waals surface area contributed by atoms with Gasteiger partial charge in [-0.15, -0.1) is 0 Å². The van der Waals surface area contributed by atoms with E-state index in [2.05, 4.69) is 5.32 Å². The van der Waals surface area contributed by atoms with Gasteiger partial charge in [-0.1, -0.05) is 0 Å². The Hall–Kier alpha value is -1.81. The van der Waals surface area contributed by atoms with Crippen molar-refractivity contribution in [2.75, 3.05) is 45.8 Å². The lowest BCUT2D eigenvalue weighted by molar-refractivity contribution is -0.132. The molecule has 0 saturated carbocycles. The van der Waals surface area contributed by atoms with Gasteiger partial charge < -0.3 is 20.2 Å². The lowest BCUT2D eigenvalue weighted by Gasteiger charge is -2.37. The fourth-order valence-corrected chi connectivity index (χ4v) is 4.27. The van der Waals surface area contributed by atoms with Crippen LogP contribution in [-0.4, -0.2) is 95.0 Å². The maximum absolute atomic E-state index is 13.3. The number of nitrogens with one attached hydrogen (secondary N) is 1. The number of hydrogen-bond acceptors (Lipinski definition) is 5. The lowest BCUT2D eigenvalue weighted by atomic mass is 9.93. The minimum Gasteiger partial charge on any atom is -0.388 e. The van der Waals surface area contributed by atoms with Crippen molar-refractivity contribution in [2.45, 2.75) is 56.5 Å². The van der Waals surface area contributed by atoms with E-state index in [1.807, 2.05) is 4.90 Å². The average molecular weight is 416 g/mol. The highest BCUT2D eigenvalue weighted by Gasteiger charge is 2.38. The summed E-state index contributed by atoms with van der Waals surface area (Å²) in [4.78, 5) is 40.3. The number of likely N-dealkylation sites (tertiary alicyclic amines) is 2. The van der Waals surface area contributed by atoms with Crippen LogP contribution in [0.25, 0.3) is 0 Å². The van der Waals surface area contributed by atoms with Crippen LogP contribution in [0.2, 0.25) is 0 Å². The van der Waals surface area contributed by atoms with Crippen molar-refractivity contribution in [2.24, 2.45) is 0 Å². The van der Waals surface area contributed by atoms with E-state index >= 15 is 0 Å². The van der Waals surface area contributed by atoms with Crippen molar-refractivity contribution >= 4 is 17.8 Å². The first-order valence-electron chi connectivity index (χ1n) is 10.4. The number of amides is 4. The smallest absolute Gasteiger partial charge is 0.324 e. The second-order valence-corrected chi connectivity index (χ2v) is 8.40. The molecular formula is C19H30F2N4O4. The quantitative estimate of drug-likeness (QED) is 0.625. The molecule has 4 amide bonds. The molecule has 3 rings (SSSR count). The van der Waals surface area contributed by atoms with Crippen LogP contribution in [0.3, 0.4) is 0 Å². The number of alkyl halides is 2. The Morgan fingerprint density at radius 1 is 1.07 bits per heavy atom. The first kappa shape index (κ1) is 21.9. The zero-order valence-electron chi connectivity index (χ0n) is 16.7. The number of halogens is 2. The summed E-state index contributed by atoms with van der Waals surface area (Å²) in [5, 5.41) is 13.4. The summed E-state index contributed by atoms with van der Waals surface area (Å²) >= 11 is 0. The summed E-state index contributed by atoms with van der Waals surface area (Å²) in [5.74, 6) is -2.94. The third-order valence-corrected chi connectivity index (χ3v) is 6.08. The Balaban J connectivity index is 1.42. The Morgan fingerprint density at radius 3 is 2.45 bits per heavy atom. The number of aliphatic hydroxyl groups is 1. The topological polar surface area (TPSA) is 93.2 Å². The van der Waals surface area contributed by atoms with E-state index < -0.39 is 17.6 Å². The Morgan fingerprint density at radius 2 is 1.79 bits per heavy atom. The highest BCUT2D eigenvalue weighted by Crippen LogP contribution is 2.30. The van der Waals surface area contributed by atoms with Crippen molar-refractivity contribution in [1.82, 2.24) is 20.0 Å². The van der Waals surface area contributed by atoms with Gasteiger partial charge in [0.2, 0.25) is 11.8 Å². The van der Waals surface area contributed by atoms with Gasteiger partial charge in [-0.3, -0.25) is 14.5 Å². The van der Waals surface area contributed by atoms with Crippen molar-refractivity contribution < 1.29 is 28.3 Å². The minimum absolute atomic E-state index is 0.00610. The van der Waals surface area contributed by atoms with Crippen LogP contribution >= 0.6 is 0 Å². The molecule has 0 aliphatic carbocycles. The first-order valence-corrected chi connectivity index (χ1v) is 10.4. The summed E-state index contributed by atoms with van der Waals surface area (Å²) in [7, 11) is 0. The number of hydrogen-bond donors (Lipinski definition) is 2. The van der Waals surface area contributed by atoms with Crippen LogP contribution in [0.15, 0.2) is 0 Å². The van der Waals surface area contributed by atoms with Gasteiger partial charge >= 0.3 is 6.03 Å². The van der Waals surface area contributed by atoms with E-state index in [1.165, 1.54) is 0 Å². The number of carbonyl (C=O) groups excluding carboxylic acids is 3. The van der Waals surface area contributed by atoms with Crippen LogP contribution in [0.4, 0.5) is 13.6 Å². The highest BCUT2D eigenvalue weighted by molar-refractivity contribution is 6.01. The summed E-state index contributed by atoms with van der Waals surface area (Å²) < 4.78 is 26.6. The van der Waals surface area contributed by atoms with Gasteiger partial charge in [-0.25, -0.2) is 13.6 Å². The summed E-state index contributed by atoms with van der Waals surface area (Å²) in [6.07, 6.45) is 1.89. The minimum atomic E-state index is -2.61. The molecule has 3 heterocycles. The Labute approximate surface area is 169 Å². The first-order chi connectivity index (χ1) is 13.7.